The van der Waals surface area contributed by atoms with Crippen LogP contribution in [0.1, 0.15) is 58.9 Å². The third-order valence-corrected chi connectivity index (χ3v) is 6.48. The minimum absolute atomic E-state index is 0.213. The highest BCUT2D eigenvalue weighted by Gasteiger charge is 2.21. The second kappa shape index (κ2) is 10.2. The minimum Gasteiger partial charge on any atom is -0.478 e. The van der Waals surface area contributed by atoms with Crippen LogP contribution < -0.4 is 10.2 Å². The lowest BCUT2D eigenvalue weighted by molar-refractivity contribution is 0.0695. The lowest BCUT2D eigenvalue weighted by atomic mass is 9.89. The number of anilines is 2. The lowest BCUT2D eigenvalue weighted by Crippen LogP contribution is -2.30. The third-order valence-electron chi connectivity index (χ3n) is 6.48. The van der Waals surface area contributed by atoms with Crippen LogP contribution in [0, 0.1) is 5.92 Å². The number of pyridine rings is 1. The number of hydrogen-bond acceptors (Lipinski definition) is 4. The normalized spacial score (nSPS) is 15.3. The maximum Gasteiger partial charge on any atom is 0.336 e. The summed E-state index contributed by atoms with van der Waals surface area (Å²) in [5.74, 6) is -0.237. The summed E-state index contributed by atoms with van der Waals surface area (Å²) in [6.07, 6.45) is 6.83. The Morgan fingerprint density at radius 1 is 1.15 bits per heavy atom. The van der Waals surface area contributed by atoms with Gasteiger partial charge in [0, 0.05) is 36.9 Å². The van der Waals surface area contributed by atoms with Gasteiger partial charge in [-0.2, -0.15) is 0 Å². The van der Waals surface area contributed by atoms with E-state index in [1.54, 1.807) is 12.3 Å². The Labute approximate surface area is 196 Å². The van der Waals surface area contributed by atoms with Gasteiger partial charge in [-0.25, -0.2) is 4.79 Å². The molecule has 1 atom stereocenters. The van der Waals surface area contributed by atoms with Crippen molar-refractivity contribution in [3.05, 3.63) is 88.7 Å². The van der Waals surface area contributed by atoms with Crippen molar-refractivity contribution in [1.29, 1.82) is 0 Å². The predicted octanol–water partition coefficient (Wildman–Crippen LogP) is 5.57. The van der Waals surface area contributed by atoms with Gasteiger partial charge in [0.25, 0.3) is 0 Å². The Morgan fingerprint density at radius 3 is 2.64 bits per heavy atom. The van der Waals surface area contributed by atoms with Crippen molar-refractivity contribution in [2.75, 3.05) is 18.5 Å². The topological polar surface area (TPSA) is 65.5 Å². The van der Waals surface area contributed by atoms with Crippen molar-refractivity contribution in [2.45, 2.75) is 45.6 Å². The van der Waals surface area contributed by atoms with Gasteiger partial charge in [-0.3, -0.25) is 4.98 Å². The number of aryl methyl sites for hydroxylation is 1. The van der Waals surface area contributed by atoms with Gasteiger partial charge in [-0.1, -0.05) is 32.0 Å². The molecule has 33 heavy (non-hydrogen) atoms. The zero-order valence-electron chi connectivity index (χ0n) is 19.7. The van der Waals surface area contributed by atoms with Crippen molar-refractivity contribution in [3.63, 3.8) is 0 Å². The highest BCUT2D eigenvalue weighted by atomic mass is 16.4. The number of nitrogens with one attached hydrogen (secondary N) is 1. The standard InChI is InChI=1S/C28H33N3O2/c1-19(2)16-20-4-7-23(8-5-20)31(3)24-9-10-25-21(17-24)12-15-30-27(25)11-6-22-18-29-14-13-26(22)28(32)33/h4-5,7-10,13-14,17-19,27,30H,6,11-12,15-16H2,1-3H3,(H,32,33)/t27-/m1/s1. The van der Waals surface area contributed by atoms with Gasteiger partial charge in [-0.15, -0.1) is 0 Å². The first-order valence-corrected chi connectivity index (χ1v) is 11.8. The van der Waals surface area contributed by atoms with E-state index in [0.717, 1.165) is 31.4 Å². The van der Waals surface area contributed by atoms with E-state index in [1.165, 1.54) is 34.3 Å². The molecule has 5 heteroatoms. The fraction of sp³-hybridized carbons (Fsp3) is 0.357. The molecule has 0 spiro atoms. The molecule has 1 aromatic heterocycles. The lowest BCUT2D eigenvalue weighted by Gasteiger charge is -2.29. The molecule has 1 aliphatic heterocycles. The molecule has 0 unspecified atom stereocenters. The molecule has 0 bridgehead atoms. The molecule has 3 aromatic rings. The van der Waals surface area contributed by atoms with E-state index in [-0.39, 0.29) is 6.04 Å². The number of aromatic carboxylic acids is 1. The van der Waals surface area contributed by atoms with Gasteiger partial charge in [-0.05, 0) is 90.7 Å². The molecule has 0 aliphatic carbocycles. The van der Waals surface area contributed by atoms with Crippen LogP contribution in [-0.4, -0.2) is 29.7 Å². The highest BCUT2D eigenvalue weighted by molar-refractivity contribution is 5.89. The summed E-state index contributed by atoms with van der Waals surface area (Å²) < 4.78 is 0. The molecule has 1 aliphatic rings. The Kier molecular flexibility index (Phi) is 7.09. The molecule has 2 N–H and O–H groups in total. The Balaban J connectivity index is 1.48. The molecule has 5 nitrogen and oxygen atoms in total. The first kappa shape index (κ1) is 23.0. The molecule has 2 aromatic carbocycles. The Hall–Kier alpha value is -3.18. The van der Waals surface area contributed by atoms with Crippen LogP contribution in [0.25, 0.3) is 0 Å². The molecule has 0 amide bonds. The first-order chi connectivity index (χ1) is 15.9. The largest absolute Gasteiger partial charge is 0.478 e. The molecule has 0 radical (unpaired) electrons. The number of fused-ring (bicyclic) bond motifs is 1. The Bertz CT molecular complexity index is 1110. The number of aromatic nitrogens is 1. The monoisotopic (exact) mass is 443 g/mol. The van der Waals surface area contributed by atoms with E-state index < -0.39 is 5.97 Å². The van der Waals surface area contributed by atoms with Gasteiger partial charge in [0.1, 0.15) is 0 Å². The molecular formula is C28H33N3O2. The molecule has 172 valence electrons. The summed E-state index contributed by atoms with van der Waals surface area (Å²) in [4.78, 5) is 17.9. The molecule has 2 heterocycles. The van der Waals surface area contributed by atoms with Crippen LogP contribution in [-0.2, 0) is 19.3 Å². The van der Waals surface area contributed by atoms with Crippen molar-refractivity contribution >= 4 is 17.3 Å². The molecular weight excluding hydrogens is 410 g/mol. The summed E-state index contributed by atoms with van der Waals surface area (Å²) in [6, 6.07) is 17.4. The maximum absolute atomic E-state index is 11.5. The van der Waals surface area contributed by atoms with Crippen LogP contribution in [0.15, 0.2) is 60.9 Å². The maximum atomic E-state index is 11.5. The molecule has 4 rings (SSSR count). The van der Waals surface area contributed by atoms with E-state index in [2.05, 4.69) is 78.6 Å². The molecule has 0 fully saturated rings. The van der Waals surface area contributed by atoms with E-state index in [1.807, 2.05) is 0 Å². The summed E-state index contributed by atoms with van der Waals surface area (Å²) in [5, 5.41) is 13.1. The Morgan fingerprint density at radius 2 is 1.91 bits per heavy atom. The summed E-state index contributed by atoms with van der Waals surface area (Å²) in [7, 11) is 2.12. The number of rotatable bonds is 8. The minimum atomic E-state index is -0.894. The van der Waals surface area contributed by atoms with Gasteiger partial charge in [0.2, 0.25) is 0 Å². The molecule has 0 saturated carbocycles. The third kappa shape index (κ3) is 5.42. The van der Waals surface area contributed by atoms with Gasteiger partial charge in [0.15, 0.2) is 0 Å². The number of hydrogen-bond donors (Lipinski definition) is 2. The average Bonchev–Trinajstić information content (AvgIpc) is 2.82. The SMILES string of the molecule is CC(C)Cc1ccc(N(C)c2ccc3c(c2)CCN[C@@H]3CCc2cnccc2C(=O)O)cc1. The van der Waals surface area contributed by atoms with Gasteiger partial charge < -0.3 is 15.3 Å². The first-order valence-electron chi connectivity index (χ1n) is 11.8. The van der Waals surface area contributed by atoms with E-state index in [4.69, 9.17) is 0 Å². The quantitative estimate of drug-likeness (QED) is 0.477. The van der Waals surface area contributed by atoms with Crippen LogP contribution in [0.3, 0.4) is 0 Å². The van der Waals surface area contributed by atoms with Gasteiger partial charge in [0.05, 0.1) is 5.56 Å². The second-order valence-corrected chi connectivity index (χ2v) is 9.34. The van der Waals surface area contributed by atoms with Crippen molar-refractivity contribution < 1.29 is 9.90 Å². The van der Waals surface area contributed by atoms with E-state index in [9.17, 15) is 9.90 Å². The van der Waals surface area contributed by atoms with Gasteiger partial charge >= 0.3 is 5.97 Å². The predicted molar refractivity (Wildman–Crippen MR) is 133 cm³/mol. The summed E-state index contributed by atoms with van der Waals surface area (Å²) in [6.45, 7) is 5.42. The van der Waals surface area contributed by atoms with Crippen molar-refractivity contribution in [2.24, 2.45) is 5.92 Å². The van der Waals surface area contributed by atoms with Crippen molar-refractivity contribution in [1.82, 2.24) is 10.3 Å². The number of carbonyl (C=O) groups is 1. The fourth-order valence-electron chi connectivity index (χ4n) is 4.72. The molecule has 0 saturated heterocycles. The van der Waals surface area contributed by atoms with E-state index >= 15 is 0 Å². The smallest absolute Gasteiger partial charge is 0.336 e. The zero-order chi connectivity index (χ0) is 23.4. The summed E-state index contributed by atoms with van der Waals surface area (Å²) >= 11 is 0. The van der Waals surface area contributed by atoms with Crippen LogP contribution in [0.4, 0.5) is 11.4 Å². The van der Waals surface area contributed by atoms with Crippen LogP contribution in [0.5, 0.6) is 0 Å². The number of benzene rings is 2. The second-order valence-electron chi connectivity index (χ2n) is 9.34. The van der Waals surface area contributed by atoms with E-state index in [0.29, 0.717) is 17.9 Å². The highest BCUT2D eigenvalue weighted by Crippen LogP contribution is 2.32. The van der Waals surface area contributed by atoms with Crippen LogP contribution in [0.2, 0.25) is 0 Å². The number of carboxylic acids is 1. The number of carboxylic acid groups (broad SMARTS) is 1. The van der Waals surface area contributed by atoms with Crippen molar-refractivity contribution in [3.8, 4) is 0 Å². The summed E-state index contributed by atoms with van der Waals surface area (Å²) in [5.41, 5.74) is 7.56. The average molecular weight is 444 g/mol. The fourth-order valence-corrected chi connectivity index (χ4v) is 4.72. The van der Waals surface area contributed by atoms with Crippen LogP contribution >= 0.6 is 0 Å². The zero-order valence-corrected chi connectivity index (χ0v) is 19.7. The number of nitrogens with zero attached hydrogens (tertiary/aromatic N) is 2.